The molecule has 1 aliphatic rings. The van der Waals surface area contributed by atoms with E-state index in [1.807, 2.05) is 17.0 Å². The summed E-state index contributed by atoms with van der Waals surface area (Å²) in [6.45, 7) is 1.54. The van der Waals surface area contributed by atoms with Gasteiger partial charge in [0.15, 0.2) is 0 Å². The molecule has 2 rings (SSSR count). The van der Waals surface area contributed by atoms with Crippen LogP contribution >= 0.6 is 0 Å². The third kappa shape index (κ3) is 2.39. The number of rotatable bonds is 3. The number of piperidine rings is 1. The molecule has 0 spiro atoms. The molecule has 4 nitrogen and oxygen atoms in total. The molecule has 4 heteroatoms. The van der Waals surface area contributed by atoms with E-state index in [9.17, 15) is 4.79 Å². The predicted molar refractivity (Wildman–Crippen MR) is 56.2 cm³/mol. The van der Waals surface area contributed by atoms with E-state index in [4.69, 9.17) is 10.2 Å². The number of likely N-dealkylation sites (tertiary alicyclic amines) is 1. The Bertz CT molecular complexity index is 321. The zero-order valence-corrected chi connectivity index (χ0v) is 8.69. The van der Waals surface area contributed by atoms with Crippen LogP contribution in [0.3, 0.4) is 0 Å². The van der Waals surface area contributed by atoms with Crippen molar-refractivity contribution in [3.05, 3.63) is 24.2 Å². The second-order valence-electron chi connectivity index (χ2n) is 3.90. The van der Waals surface area contributed by atoms with Crippen LogP contribution in [0.25, 0.3) is 0 Å². The maximum Gasteiger partial charge on any atom is 0.239 e. The summed E-state index contributed by atoms with van der Waals surface area (Å²) in [6, 6.07) is 3.49. The monoisotopic (exact) mass is 208 g/mol. The molecule has 0 aromatic carbocycles. The normalized spacial score (nSPS) is 22.1. The number of amides is 1. The first-order valence-electron chi connectivity index (χ1n) is 5.34. The predicted octanol–water partition coefficient (Wildman–Crippen LogP) is 0.772. The number of nitrogens with two attached hydrogens (primary N) is 1. The van der Waals surface area contributed by atoms with Gasteiger partial charge in [-0.2, -0.15) is 0 Å². The number of hydrogen-bond acceptors (Lipinski definition) is 3. The van der Waals surface area contributed by atoms with Crippen molar-refractivity contribution in [3.8, 4) is 0 Å². The molecule has 82 valence electrons. The molecular weight excluding hydrogens is 192 g/mol. The summed E-state index contributed by atoms with van der Waals surface area (Å²) < 4.78 is 5.22. The van der Waals surface area contributed by atoms with Crippen LogP contribution in [0.5, 0.6) is 0 Å². The van der Waals surface area contributed by atoms with Gasteiger partial charge in [-0.25, -0.2) is 0 Å². The van der Waals surface area contributed by atoms with Crippen LogP contribution in [0.15, 0.2) is 22.8 Å². The van der Waals surface area contributed by atoms with Crippen molar-refractivity contribution < 1.29 is 9.21 Å². The molecule has 15 heavy (non-hydrogen) atoms. The largest absolute Gasteiger partial charge is 0.469 e. The lowest BCUT2D eigenvalue weighted by Gasteiger charge is -2.30. The van der Waals surface area contributed by atoms with E-state index in [1.165, 1.54) is 0 Å². The zero-order valence-electron chi connectivity index (χ0n) is 8.69. The van der Waals surface area contributed by atoms with Crippen molar-refractivity contribution in [1.82, 2.24) is 4.90 Å². The Morgan fingerprint density at radius 3 is 3.20 bits per heavy atom. The maximum absolute atomic E-state index is 11.7. The highest BCUT2D eigenvalue weighted by molar-refractivity contribution is 5.82. The fourth-order valence-corrected chi connectivity index (χ4v) is 1.89. The van der Waals surface area contributed by atoms with Crippen LogP contribution in [0.1, 0.15) is 18.6 Å². The standard InChI is InChI=1S/C11H16N2O2/c12-10-4-1-6-13(11(10)14)7-5-9-3-2-8-15-9/h2-3,8,10H,1,4-7,12H2. The number of nitrogens with zero attached hydrogens (tertiary/aromatic N) is 1. The van der Waals surface area contributed by atoms with E-state index in [0.29, 0.717) is 6.54 Å². The lowest BCUT2D eigenvalue weighted by atomic mass is 10.1. The molecule has 0 radical (unpaired) electrons. The van der Waals surface area contributed by atoms with Gasteiger partial charge in [-0.1, -0.05) is 0 Å². The second kappa shape index (κ2) is 4.49. The molecule has 0 saturated carbocycles. The third-order valence-corrected chi connectivity index (χ3v) is 2.78. The van der Waals surface area contributed by atoms with Crippen LogP contribution in [0.4, 0.5) is 0 Å². The smallest absolute Gasteiger partial charge is 0.239 e. The Kier molecular flexibility index (Phi) is 3.06. The molecule has 1 amide bonds. The lowest BCUT2D eigenvalue weighted by Crippen LogP contribution is -2.48. The van der Waals surface area contributed by atoms with Crippen molar-refractivity contribution in [2.75, 3.05) is 13.1 Å². The van der Waals surface area contributed by atoms with Crippen molar-refractivity contribution >= 4 is 5.91 Å². The Morgan fingerprint density at radius 2 is 2.47 bits per heavy atom. The summed E-state index contributed by atoms with van der Waals surface area (Å²) in [4.78, 5) is 13.5. The Labute approximate surface area is 89.0 Å². The minimum Gasteiger partial charge on any atom is -0.469 e. The fraction of sp³-hybridized carbons (Fsp3) is 0.545. The second-order valence-corrected chi connectivity index (χ2v) is 3.90. The molecule has 2 heterocycles. The molecule has 1 fully saturated rings. The minimum atomic E-state index is -0.296. The average Bonchev–Trinajstić information content (AvgIpc) is 2.73. The summed E-state index contributed by atoms with van der Waals surface area (Å²) in [5.41, 5.74) is 5.70. The van der Waals surface area contributed by atoms with Crippen LogP contribution in [0, 0.1) is 0 Å². The zero-order chi connectivity index (χ0) is 10.7. The molecule has 0 bridgehead atoms. The van der Waals surface area contributed by atoms with Crippen molar-refractivity contribution in [3.63, 3.8) is 0 Å². The maximum atomic E-state index is 11.7. The number of carbonyl (C=O) groups is 1. The van der Waals surface area contributed by atoms with Crippen LogP contribution in [-0.2, 0) is 11.2 Å². The van der Waals surface area contributed by atoms with Crippen molar-refractivity contribution in [1.29, 1.82) is 0 Å². The summed E-state index contributed by atoms with van der Waals surface area (Å²) >= 11 is 0. The summed E-state index contributed by atoms with van der Waals surface area (Å²) in [6.07, 6.45) is 4.24. The van der Waals surface area contributed by atoms with Crippen molar-refractivity contribution in [2.45, 2.75) is 25.3 Å². The van der Waals surface area contributed by atoms with Crippen LogP contribution in [-0.4, -0.2) is 29.9 Å². The van der Waals surface area contributed by atoms with Gasteiger partial charge in [0.25, 0.3) is 0 Å². The molecular formula is C11H16N2O2. The van der Waals surface area contributed by atoms with Gasteiger partial charge in [-0.3, -0.25) is 4.79 Å². The number of furan rings is 1. The minimum absolute atomic E-state index is 0.0767. The SMILES string of the molecule is NC1CCCN(CCc2ccco2)C1=O. The Balaban J connectivity index is 1.86. The first kappa shape index (κ1) is 10.2. The molecule has 1 aliphatic heterocycles. The van der Waals surface area contributed by atoms with E-state index < -0.39 is 0 Å². The Hall–Kier alpha value is -1.29. The van der Waals surface area contributed by atoms with Gasteiger partial charge in [0, 0.05) is 19.5 Å². The van der Waals surface area contributed by atoms with E-state index >= 15 is 0 Å². The van der Waals surface area contributed by atoms with E-state index in [2.05, 4.69) is 0 Å². The van der Waals surface area contributed by atoms with E-state index in [0.717, 1.165) is 31.6 Å². The highest BCUT2D eigenvalue weighted by Gasteiger charge is 2.25. The third-order valence-electron chi connectivity index (χ3n) is 2.78. The van der Waals surface area contributed by atoms with Crippen LogP contribution in [0.2, 0.25) is 0 Å². The fourth-order valence-electron chi connectivity index (χ4n) is 1.89. The van der Waals surface area contributed by atoms with Gasteiger partial charge in [0.05, 0.1) is 12.3 Å². The number of carbonyl (C=O) groups excluding carboxylic acids is 1. The summed E-state index contributed by atoms with van der Waals surface area (Å²) in [5, 5.41) is 0. The molecule has 1 atom stereocenters. The molecule has 1 aromatic heterocycles. The number of hydrogen-bond donors (Lipinski definition) is 1. The van der Waals surface area contributed by atoms with Gasteiger partial charge < -0.3 is 15.1 Å². The van der Waals surface area contributed by atoms with Gasteiger partial charge in [-0.15, -0.1) is 0 Å². The van der Waals surface area contributed by atoms with Crippen LogP contribution < -0.4 is 5.73 Å². The van der Waals surface area contributed by atoms with Gasteiger partial charge in [0.2, 0.25) is 5.91 Å². The van der Waals surface area contributed by atoms with Gasteiger partial charge in [0.1, 0.15) is 5.76 Å². The van der Waals surface area contributed by atoms with Gasteiger partial charge >= 0.3 is 0 Å². The molecule has 2 N–H and O–H groups in total. The van der Waals surface area contributed by atoms with E-state index in [1.54, 1.807) is 6.26 Å². The topological polar surface area (TPSA) is 59.5 Å². The Morgan fingerprint density at radius 1 is 1.60 bits per heavy atom. The first-order chi connectivity index (χ1) is 7.27. The molecule has 0 aliphatic carbocycles. The highest BCUT2D eigenvalue weighted by atomic mass is 16.3. The highest BCUT2D eigenvalue weighted by Crippen LogP contribution is 2.11. The molecule has 1 saturated heterocycles. The van der Waals surface area contributed by atoms with Gasteiger partial charge in [-0.05, 0) is 25.0 Å². The summed E-state index contributed by atoms with van der Waals surface area (Å²) in [7, 11) is 0. The first-order valence-corrected chi connectivity index (χ1v) is 5.34. The average molecular weight is 208 g/mol. The molecule has 1 unspecified atom stereocenters. The summed E-state index contributed by atoms with van der Waals surface area (Å²) in [5.74, 6) is 0.995. The molecule has 1 aromatic rings. The van der Waals surface area contributed by atoms with E-state index in [-0.39, 0.29) is 11.9 Å². The van der Waals surface area contributed by atoms with Crippen molar-refractivity contribution in [2.24, 2.45) is 5.73 Å². The lowest BCUT2D eigenvalue weighted by molar-refractivity contribution is -0.134. The quantitative estimate of drug-likeness (QED) is 0.798.